The van der Waals surface area contributed by atoms with Crippen LogP contribution in [0.5, 0.6) is 5.75 Å². The average molecular weight is 316 g/mol. The van der Waals surface area contributed by atoms with Crippen LogP contribution in [0.15, 0.2) is 36.4 Å². The monoisotopic (exact) mass is 314 g/mol. The molecule has 19 heavy (non-hydrogen) atoms. The van der Waals surface area contributed by atoms with E-state index in [4.69, 9.17) is 39.5 Å². The highest BCUT2D eigenvalue weighted by Gasteiger charge is 2.13. The van der Waals surface area contributed by atoms with Crippen LogP contribution in [0, 0.1) is 6.92 Å². The van der Waals surface area contributed by atoms with E-state index in [0.29, 0.717) is 10.6 Å². The largest absolute Gasteiger partial charge is 0.421 e. The normalized spacial score (nSPS) is 10.3. The summed E-state index contributed by atoms with van der Waals surface area (Å²) in [5.74, 6) is -0.313. The van der Waals surface area contributed by atoms with E-state index in [0.717, 1.165) is 5.56 Å². The Labute approximate surface area is 125 Å². The highest BCUT2D eigenvalue weighted by Crippen LogP contribution is 2.34. The average Bonchev–Trinajstić information content (AvgIpc) is 2.36. The molecule has 0 heterocycles. The summed E-state index contributed by atoms with van der Waals surface area (Å²) in [6.45, 7) is 1.89. The Morgan fingerprint density at radius 2 is 1.68 bits per heavy atom. The summed E-state index contributed by atoms with van der Waals surface area (Å²) in [6.07, 6.45) is 0. The Morgan fingerprint density at radius 1 is 1.00 bits per heavy atom. The second-order valence-electron chi connectivity index (χ2n) is 3.96. The number of hydrogen-bond donors (Lipinski definition) is 0. The van der Waals surface area contributed by atoms with E-state index < -0.39 is 5.97 Å². The second-order valence-corrected chi connectivity index (χ2v) is 5.18. The Morgan fingerprint density at radius 3 is 2.37 bits per heavy atom. The zero-order valence-corrected chi connectivity index (χ0v) is 12.2. The minimum Gasteiger partial charge on any atom is -0.421 e. The number of aryl methyl sites for hydroxylation is 1. The van der Waals surface area contributed by atoms with Gasteiger partial charge in [0.1, 0.15) is 0 Å². The Kier molecular flexibility index (Phi) is 4.35. The van der Waals surface area contributed by atoms with Crippen LogP contribution in [0.1, 0.15) is 15.9 Å². The molecule has 0 aliphatic heterocycles. The predicted molar refractivity (Wildman–Crippen MR) is 77.6 cm³/mol. The maximum absolute atomic E-state index is 12.0. The number of rotatable bonds is 2. The first-order chi connectivity index (χ1) is 8.97. The molecule has 2 rings (SSSR count). The van der Waals surface area contributed by atoms with Gasteiger partial charge < -0.3 is 4.74 Å². The van der Waals surface area contributed by atoms with Gasteiger partial charge in [0, 0.05) is 6.07 Å². The zero-order chi connectivity index (χ0) is 14.0. The van der Waals surface area contributed by atoms with Gasteiger partial charge in [-0.25, -0.2) is 4.79 Å². The molecule has 2 aromatic rings. The Bertz CT molecular complexity index is 639. The second kappa shape index (κ2) is 5.83. The minimum absolute atomic E-state index is 0.183. The van der Waals surface area contributed by atoms with Crippen molar-refractivity contribution in [3.05, 3.63) is 62.6 Å². The molecule has 0 atom stereocenters. The third-order valence-corrected chi connectivity index (χ3v) is 3.45. The van der Waals surface area contributed by atoms with Crippen LogP contribution in [0.4, 0.5) is 0 Å². The number of halogens is 3. The third-order valence-electron chi connectivity index (χ3n) is 2.43. The summed E-state index contributed by atoms with van der Waals surface area (Å²) in [6, 6.07) is 9.92. The van der Waals surface area contributed by atoms with E-state index in [1.807, 2.05) is 13.0 Å². The van der Waals surface area contributed by atoms with Crippen LogP contribution >= 0.6 is 34.8 Å². The fourth-order valence-electron chi connectivity index (χ4n) is 1.51. The smallest absolute Gasteiger partial charge is 0.343 e. The van der Waals surface area contributed by atoms with Crippen molar-refractivity contribution in [2.75, 3.05) is 0 Å². The van der Waals surface area contributed by atoms with E-state index in [9.17, 15) is 4.79 Å². The number of hydrogen-bond acceptors (Lipinski definition) is 2. The van der Waals surface area contributed by atoms with Crippen LogP contribution in [0.3, 0.4) is 0 Å². The first-order valence-electron chi connectivity index (χ1n) is 5.41. The number of ether oxygens (including phenoxy) is 1. The molecule has 0 radical (unpaired) electrons. The number of benzene rings is 2. The van der Waals surface area contributed by atoms with Gasteiger partial charge in [-0.15, -0.1) is 0 Å². The van der Waals surface area contributed by atoms with Gasteiger partial charge in [-0.05, 0) is 25.1 Å². The standard InChI is InChI=1S/C14H9Cl3O2/c1-8-3-2-4-9(5-8)14(18)19-13-7-11(16)10(15)6-12(13)17/h2-7H,1H3. The quantitative estimate of drug-likeness (QED) is 0.434. The van der Waals surface area contributed by atoms with E-state index >= 15 is 0 Å². The molecule has 0 amide bonds. The molecular formula is C14H9Cl3O2. The van der Waals surface area contributed by atoms with Crippen LogP contribution in [-0.4, -0.2) is 5.97 Å². The van der Waals surface area contributed by atoms with Gasteiger partial charge >= 0.3 is 5.97 Å². The van der Waals surface area contributed by atoms with E-state index in [-0.39, 0.29) is 15.8 Å². The van der Waals surface area contributed by atoms with Crippen molar-refractivity contribution in [1.82, 2.24) is 0 Å². The van der Waals surface area contributed by atoms with Crippen LogP contribution in [0.2, 0.25) is 15.1 Å². The molecule has 5 heteroatoms. The fourth-order valence-corrected chi connectivity index (χ4v) is 2.09. The molecule has 2 aromatic carbocycles. The predicted octanol–water partition coefficient (Wildman–Crippen LogP) is 5.17. The van der Waals surface area contributed by atoms with Crippen molar-refractivity contribution >= 4 is 40.8 Å². The molecule has 0 saturated heterocycles. The van der Waals surface area contributed by atoms with Gasteiger partial charge in [0.05, 0.1) is 20.6 Å². The molecule has 0 aromatic heterocycles. The van der Waals surface area contributed by atoms with Crippen molar-refractivity contribution in [2.24, 2.45) is 0 Å². The summed E-state index contributed by atoms with van der Waals surface area (Å²) in [5, 5.41) is 0.815. The first kappa shape index (κ1) is 14.2. The van der Waals surface area contributed by atoms with Gasteiger partial charge in [-0.2, -0.15) is 0 Å². The fraction of sp³-hybridized carbons (Fsp3) is 0.0714. The van der Waals surface area contributed by atoms with Crippen molar-refractivity contribution in [3.63, 3.8) is 0 Å². The van der Waals surface area contributed by atoms with Gasteiger partial charge in [-0.1, -0.05) is 52.5 Å². The molecule has 0 aliphatic carbocycles. The molecule has 0 fully saturated rings. The van der Waals surface area contributed by atoms with E-state index in [2.05, 4.69) is 0 Å². The van der Waals surface area contributed by atoms with Crippen molar-refractivity contribution in [1.29, 1.82) is 0 Å². The maximum Gasteiger partial charge on any atom is 0.343 e. The third kappa shape index (κ3) is 3.41. The van der Waals surface area contributed by atoms with E-state index in [1.54, 1.807) is 18.2 Å². The van der Waals surface area contributed by atoms with Crippen LogP contribution < -0.4 is 4.74 Å². The molecule has 98 valence electrons. The van der Waals surface area contributed by atoms with Gasteiger partial charge in [0.25, 0.3) is 0 Å². The molecule has 0 spiro atoms. The number of carbonyl (C=O) groups excluding carboxylic acids is 1. The Hall–Kier alpha value is -1.22. The van der Waals surface area contributed by atoms with Gasteiger partial charge in [0.15, 0.2) is 5.75 Å². The lowest BCUT2D eigenvalue weighted by Gasteiger charge is -2.08. The molecular weight excluding hydrogens is 307 g/mol. The SMILES string of the molecule is Cc1cccc(C(=O)Oc2cc(Cl)c(Cl)cc2Cl)c1. The van der Waals surface area contributed by atoms with Gasteiger partial charge in [-0.3, -0.25) is 0 Å². The van der Waals surface area contributed by atoms with E-state index in [1.165, 1.54) is 12.1 Å². The first-order valence-corrected chi connectivity index (χ1v) is 6.54. The van der Waals surface area contributed by atoms with Crippen LogP contribution in [0.25, 0.3) is 0 Å². The van der Waals surface area contributed by atoms with Gasteiger partial charge in [0.2, 0.25) is 0 Å². The summed E-state index contributed by atoms with van der Waals surface area (Å²) in [4.78, 5) is 12.0. The highest BCUT2D eigenvalue weighted by molar-refractivity contribution is 6.43. The minimum atomic E-state index is -0.496. The lowest BCUT2D eigenvalue weighted by Crippen LogP contribution is -2.08. The zero-order valence-electron chi connectivity index (χ0n) is 9.91. The lowest BCUT2D eigenvalue weighted by molar-refractivity contribution is 0.0735. The van der Waals surface area contributed by atoms with Crippen molar-refractivity contribution in [2.45, 2.75) is 6.92 Å². The molecule has 0 aliphatic rings. The topological polar surface area (TPSA) is 26.3 Å². The number of carbonyl (C=O) groups is 1. The molecule has 0 bridgehead atoms. The summed E-state index contributed by atoms with van der Waals surface area (Å²) in [5.41, 5.74) is 1.41. The summed E-state index contributed by atoms with van der Waals surface area (Å²) in [7, 11) is 0. The number of esters is 1. The summed E-state index contributed by atoms with van der Waals surface area (Å²) >= 11 is 17.6. The van der Waals surface area contributed by atoms with Crippen molar-refractivity contribution < 1.29 is 9.53 Å². The Balaban J connectivity index is 2.27. The molecule has 2 nitrogen and oxygen atoms in total. The molecule has 0 saturated carbocycles. The molecule has 0 N–H and O–H groups in total. The highest BCUT2D eigenvalue weighted by atomic mass is 35.5. The summed E-state index contributed by atoms with van der Waals surface area (Å²) < 4.78 is 5.21. The lowest BCUT2D eigenvalue weighted by atomic mass is 10.1. The van der Waals surface area contributed by atoms with Crippen molar-refractivity contribution in [3.8, 4) is 5.75 Å². The van der Waals surface area contributed by atoms with Crippen LogP contribution in [-0.2, 0) is 0 Å². The molecule has 0 unspecified atom stereocenters. The maximum atomic E-state index is 12.0.